The first-order valence-corrected chi connectivity index (χ1v) is 10.2. The molecule has 1 heterocycles. The van der Waals surface area contributed by atoms with Crippen molar-refractivity contribution in [3.63, 3.8) is 0 Å². The van der Waals surface area contributed by atoms with Crippen molar-refractivity contribution in [2.24, 2.45) is 11.8 Å². The third kappa shape index (κ3) is 3.93. The number of rotatable bonds is 7. The highest BCUT2D eigenvalue weighted by molar-refractivity contribution is 6.30. The van der Waals surface area contributed by atoms with Crippen LogP contribution in [-0.2, 0) is 14.4 Å². The molecule has 3 saturated carbocycles. The minimum Gasteiger partial charge on any atom is -0.484 e. The SMILES string of the molecule is CC(C)C1ONCC1C(=O)NC12CC(NC(=O)COc3ccc(Cl)c(F)c3)(C1)C2. The van der Waals surface area contributed by atoms with Crippen LogP contribution in [0.4, 0.5) is 4.39 Å². The maximum atomic E-state index is 13.4. The van der Waals surface area contributed by atoms with E-state index in [1.54, 1.807) is 0 Å². The molecule has 4 aliphatic rings. The quantitative estimate of drug-likeness (QED) is 0.621. The molecule has 158 valence electrons. The van der Waals surface area contributed by atoms with Crippen LogP contribution in [0.25, 0.3) is 0 Å². The zero-order valence-electron chi connectivity index (χ0n) is 16.4. The molecule has 2 amide bonds. The summed E-state index contributed by atoms with van der Waals surface area (Å²) in [4.78, 5) is 30.3. The van der Waals surface area contributed by atoms with Gasteiger partial charge in [0.2, 0.25) is 5.91 Å². The molecule has 2 bridgehead atoms. The van der Waals surface area contributed by atoms with Crippen LogP contribution in [0.5, 0.6) is 5.75 Å². The standard InChI is InChI=1S/C20H25ClFN3O4/c1-11(2)17-13(6-23-29-17)18(27)25-20-8-19(9-20,10-20)24-16(26)7-28-12-3-4-14(21)15(22)5-12/h3-5,11,13,17,23H,6-10H2,1-2H3,(H,24,26)(H,25,27). The molecule has 7 nitrogen and oxygen atoms in total. The molecule has 4 fully saturated rings. The van der Waals surface area contributed by atoms with Gasteiger partial charge in [0.05, 0.1) is 17.0 Å². The van der Waals surface area contributed by atoms with Gasteiger partial charge >= 0.3 is 0 Å². The summed E-state index contributed by atoms with van der Waals surface area (Å²) in [7, 11) is 0. The fourth-order valence-electron chi connectivity index (χ4n) is 4.73. The fourth-order valence-corrected chi connectivity index (χ4v) is 4.85. The van der Waals surface area contributed by atoms with Crippen LogP contribution in [0.15, 0.2) is 18.2 Å². The highest BCUT2D eigenvalue weighted by atomic mass is 35.5. The zero-order chi connectivity index (χ0) is 20.8. The van der Waals surface area contributed by atoms with Gasteiger partial charge in [0.25, 0.3) is 5.91 Å². The normalized spacial score (nSPS) is 32.3. The number of benzene rings is 1. The van der Waals surface area contributed by atoms with Gasteiger partial charge in [-0.05, 0) is 37.3 Å². The Morgan fingerprint density at radius 2 is 2.00 bits per heavy atom. The molecule has 0 aromatic heterocycles. The topological polar surface area (TPSA) is 88.7 Å². The largest absolute Gasteiger partial charge is 0.484 e. The van der Waals surface area contributed by atoms with Crippen LogP contribution in [0, 0.1) is 17.7 Å². The van der Waals surface area contributed by atoms with E-state index in [2.05, 4.69) is 16.1 Å². The van der Waals surface area contributed by atoms with E-state index in [1.807, 2.05) is 13.8 Å². The number of hydrogen-bond donors (Lipinski definition) is 3. The first-order chi connectivity index (χ1) is 13.7. The number of halogens is 2. The zero-order valence-corrected chi connectivity index (χ0v) is 17.1. The molecule has 1 aromatic carbocycles. The predicted octanol–water partition coefficient (Wildman–Crippen LogP) is 1.94. The Balaban J connectivity index is 1.22. The van der Waals surface area contributed by atoms with Crippen LogP contribution < -0.4 is 20.9 Å². The van der Waals surface area contributed by atoms with Crippen molar-refractivity contribution in [1.29, 1.82) is 0 Å². The Hall–Kier alpha value is -1.90. The van der Waals surface area contributed by atoms with Crippen LogP contribution >= 0.6 is 11.6 Å². The van der Waals surface area contributed by atoms with E-state index in [9.17, 15) is 14.0 Å². The summed E-state index contributed by atoms with van der Waals surface area (Å²) in [5.74, 6) is -0.578. The van der Waals surface area contributed by atoms with E-state index >= 15 is 0 Å². The predicted molar refractivity (Wildman–Crippen MR) is 104 cm³/mol. The van der Waals surface area contributed by atoms with E-state index in [-0.39, 0.29) is 58.2 Å². The van der Waals surface area contributed by atoms with Gasteiger partial charge in [-0.1, -0.05) is 25.4 Å². The van der Waals surface area contributed by atoms with Gasteiger partial charge in [-0.25, -0.2) is 9.87 Å². The lowest BCUT2D eigenvalue weighted by Gasteiger charge is -2.70. The average molecular weight is 426 g/mol. The summed E-state index contributed by atoms with van der Waals surface area (Å²) in [6.07, 6.45) is 1.99. The van der Waals surface area contributed by atoms with Crippen molar-refractivity contribution >= 4 is 23.4 Å². The van der Waals surface area contributed by atoms with Crippen molar-refractivity contribution in [3.05, 3.63) is 29.0 Å². The van der Waals surface area contributed by atoms with Crippen molar-refractivity contribution in [1.82, 2.24) is 16.1 Å². The van der Waals surface area contributed by atoms with E-state index in [0.29, 0.717) is 25.8 Å². The van der Waals surface area contributed by atoms with E-state index in [0.717, 1.165) is 6.07 Å². The van der Waals surface area contributed by atoms with E-state index < -0.39 is 5.82 Å². The number of ether oxygens (including phenoxy) is 1. The van der Waals surface area contributed by atoms with Crippen LogP contribution in [0.3, 0.4) is 0 Å². The highest BCUT2D eigenvalue weighted by Gasteiger charge is 2.69. The Morgan fingerprint density at radius 3 is 2.66 bits per heavy atom. The smallest absolute Gasteiger partial charge is 0.258 e. The minimum absolute atomic E-state index is 0.00132. The number of carbonyl (C=O) groups excluding carboxylic acids is 2. The highest BCUT2D eigenvalue weighted by Crippen LogP contribution is 2.60. The molecule has 3 N–H and O–H groups in total. The number of hydrogen-bond acceptors (Lipinski definition) is 5. The second-order valence-corrected chi connectivity index (χ2v) is 9.18. The van der Waals surface area contributed by atoms with Gasteiger partial charge in [0.15, 0.2) is 6.61 Å². The molecule has 5 rings (SSSR count). The Bertz CT molecular complexity index is 814. The third-order valence-corrected chi connectivity index (χ3v) is 6.30. The van der Waals surface area contributed by atoms with Crippen molar-refractivity contribution < 1.29 is 23.6 Å². The van der Waals surface area contributed by atoms with Gasteiger partial charge in [0.1, 0.15) is 11.6 Å². The first-order valence-electron chi connectivity index (χ1n) is 9.80. The lowest BCUT2D eigenvalue weighted by Crippen LogP contribution is -2.84. The molecular formula is C20H25ClFN3O4. The molecule has 1 aromatic rings. The lowest BCUT2D eigenvalue weighted by atomic mass is 9.44. The van der Waals surface area contributed by atoms with Gasteiger partial charge in [-0.15, -0.1) is 0 Å². The summed E-state index contributed by atoms with van der Waals surface area (Å²) in [6.45, 7) is 4.37. The fraction of sp³-hybridized carbons (Fsp3) is 0.600. The maximum Gasteiger partial charge on any atom is 0.258 e. The monoisotopic (exact) mass is 425 g/mol. The van der Waals surface area contributed by atoms with Gasteiger partial charge < -0.3 is 15.4 Å². The first kappa shape index (κ1) is 20.4. The van der Waals surface area contributed by atoms with Crippen LogP contribution in [-0.4, -0.2) is 42.1 Å². The van der Waals surface area contributed by atoms with Crippen LogP contribution in [0.2, 0.25) is 5.02 Å². The number of carbonyl (C=O) groups is 2. The molecule has 2 atom stereocenters. The minimum atomic E-state index is -0.593. The van der Waals surface area contributed by atoms with Crippen molar-refractivity contribution in [2.75, 3.05) is 13.2 Å². The summed E-state index contributed by atoms with van der Waals surface area (Å²) < 4.78 is 18.7. The number of nitrogens with one attached hydrogen (secondary N) is 3. The summed E-state index contributed by atoms with van der Waals surface area (Å²) in [6, 6.07) is 4.04. The Labute approximate surface area is 173 Å². The molecule has 0 spiro atoms. The van der Waals surface area contributed by atoms with Gasteiger partial charge in [-0.3, -0.25) is 14.4 Å². The summed E-state index contributed by atoms with van der Waals surface area (Å²) in [5, 5.41) is 6.14. The molecule has 3 aliphatic carbocycles. The summed E-state index contributed by atoms with van der Waals surface area (Å²) >= 11 is 5.63. The van der Waals surface area contributed by atoms with Gasteiger partial charge in [-0.2, -0.15) is 0 Å². The average Bonchev–Trinajstić information content (AvgIpc) is 3.10. The lowest BCUT2D eigenvalue weighted by molar-refractivity contribution is -0.153. The van der Waals surface area contributed by atoms with Crippen LogP contribution in [0.1, 0.15) is 33.1 Å². The second-order valence-electron chi connectivity index (χ2n) is 8.77. The summed E-state index contributed by atoms with van der Waals surface area (Å²) in [5.41, 5.74) is 2.32. The Kier molecular flexibility index (Phi) is 5.21. The van der Waals surface area contributed by atoms with Crippen molar-refractivity contribution in [2.45, 2.75) is 50.3 Å². The molecule has 29 heavy (non-hydrogen) atoms. The van der Waals surface area contributed by atoms with E-state index in [4.69, 9.17) is 21.2 Å². The molecule has 2 unspecified atom stereocenters. The molecule has 1 saturated heterocycles. The third-order valence-electron chi connectivity index (χ3n) is 6.00. The van der Waals surface area contributed by atoms with Crippen molar-refractivity contribution in [3.8, 4) is 5.75 Å². The van der Waals surface area contributed by atoms with E-state index in [1.165, 1.54) is 12.1 Å². The maximum absolute atomic E-state index is 13.4. The molecule has 9 heteroatoms. The molecular weight excluding hydrogens is 401 g/mol. The second kappa shape index (κ2) is 7.41. The number of amides is 2. The number of hydroxylamine groups is 1. The molecule has 0 radical (unpaired) electrons. The van der Waals surface area contributed by atoms with Gasteiger partial charge in [0, 0.05) is 23.7 Å². The Morgan fingerprint density at radius 1 is 1.31 bits per heavy atom. The molecule has 1 aliphatic heterocycles.